The number of aliphatic hydroxyl groups excluding tert-OH is 1. The van der Waals surface area contributed by atoms with Gasteiger partial charge in [0.05, 0.1) is 6.20 Å². The number of carbonyl (C=O) groups excluding carboxylic acids is 1. The molecule has 1 aromatic carbocycles. The number of amides is 1. The summed E-state index contributed by atoms with van der Waals surface area (Å²) in [6.45, 7) is 0.222. The predicted octanol–water partition coefficient (Wildman–Crippen LogP) is 3.37. The molecule has 0 bridgehead atoms. The monoisotopic (exact) mass is 364 g/mol. The van der Waals surface area contributed by atoms with E-state index in [2.05, 4.69) is 27.5 Å². The van der Waals surface area contributed by atoms with Crippen LogP contribution in [0.1, 0.15) is 25.7 Å². The molecule has 0 saturated heterocycles. The molecule has 2 aromatic heterocycles. The zero-order chi connectivity index (χ0) is 18.8. The average Bonchev–Trinajstić information content (AvgIpc) is 3.14. The Morgan fingerprint density at radius 2 is 1.96 bits per heavy atom. The zero-order valence-electron chi connectivity index (χ0n) is 15.4. The maximum atomic E-state index is 12.6. The van der Waals surface area contributed by atoms with Crippen molar-refractivity contribution in [1.82, 2.24) is 14.8 Å². The summed E-state index contributed by atoms with van der Waals surface area (Å²) in [7, 11) is 1.90. The molecule has 0 aliphatic heterocycles. The molecule has 2 heterocycles. The van der Waals surface area contributed by atoms with E-state index in [0.717, 1.165) is 47.6 Å². The van der Waals surface area contributed by atoms with Crippen LogP contribution in [0.2, 0.25) is 0 Å². The van der Waals surface area contributed by atoms with E-state index in [1.807, 2.05) is 31.6 Å². The maximum Gasteiger partial charge on any atom is 0.228 e. The molecule has 1 saturated carbocycles. The predicted molar refractivity (Wildman–Crippen MR) is 105 cm³/mol. The number of hydrogen-bond acceptors (Lipinski definition) is 4. The minimum atomic E-state index is 0.00650. The molecular weight excluding hydrogens is 340 g/mol. The largest absolute Gasteiger partial charge is 0.396 e. The highest BCUT2D eigenvalue weighted by molar-refractivity contribution is 5.95. The third-order valence-corrected chi connectivity index (χ3v) is 5.49. The van der Waals surface area contributed by atoms with Gasteiger partial charge in [0.25, 0.3) is 0 Å². The molecule has 27 heavy (non-hydrogen) atoms. The van der Waals surface area contributed by atoms with Gasteiger partial charge in [0.2, 0.25) is 5.91 Å². The topological polar surface area (TPSA) is 80.0 Å². The normalized spacial score (nSPS) is 19.9. The highest BCUT2D eigenvalue weighted by atomic mass is 16.3. The number of nitrogens with zero attached hydrogens (tertiary/aromatic N) is 3. The van der Waals surface area contributed by atoms with Crippen LogP contribution < -0.4 is 5.32 Å². The fourth-order valence-corrected chi connectivity index (χ4v) is 3.79. The van der Waals surface area contributed by atoms with E-state index in [9.17, 15) is 9.90 Å². The fourth-order valence-electron chi connectivity index (χ4n) is 3.79. The van der Waals surface area contributed by atoms with Crippen molar-refractivity contribution in [2.45, 2.75) is 25.7 Å². The summed E-state index contributed by atoms with van der Waals surface area (Å²) >= 11 is 0. The second-order valence-corrected chi connectivity index (χ2v) is 7.42. The lowest BCUT2D eigenvalue weighted by molar-refractivity contribution is -0.121. The average molecular weight is 364 g/mol. The van der Waals surface area contributed by atoms with E-state index in [-0.39, 0.29) is 18.4 Å². The van der Waals surface area contributed by atoms with E-state index >= 15 is 0 Å². The third kappa shape index (κ3) is 3.85. The van der Waals surface area contributed by atoms with E-state index < -0.39 is 0 Å². The Balaban J connectivity index is 1.51. The van der Waals surface area contributed by atoms with E-state index in [1.54, 1.807) is 10.9 Å². The van der Waals surface area contributed by atoms with Gasteiger partial charge < -0.3 is 10.4 Å². The van der Waals surface area contributed by atoms with Crippen molar-refractivity contribution in [2.24, 2.45) is 18.9 Å². The van der Waals surface area contributed by atoms with E-state index in [4.69, 9.17) is 0 Å². The second-order valence-electron chi connectivity index (χ2n) is 7.42. The first kappa shape index (κ1) is 17.7. The highest BCUT2D eigenvalue weighted by Crippen LogP contribution is 2.30. The molecule has 6 heteroatoms. The molecular formula is C21H24N4O2. The van der Waals surface area contributed by atoms with Crippen LogP contribution in [0.4, 0.5) is 5.82 Å². The van der Waals surface area contributed by atoms with Gasteiger partial charge >= 0.3 is 0 Å². The van der Waals surface area contributed by atoms with Gasteiger partial charge in [-0.1, -0.05) is 12.1 Å². The van der Waals surface area contributed by atoms with Gasteiger partial charge in [-0.25, -0.2) is 4.98 Å². The lowest BCUT2D eigenvalue weighted by Gasteiger charge is -2.26. The van der Waals surface area contributed by atoms with Crippen LogP contribution in [0, 0.1) is 11.8 Å². The third-order valence-electron chi connectivity index (χ3n) is 5.49. The molecule has 1 aliphatic rings. The summed E-state index contributed by atoms with van der Waals surface area (Å²) in [6, 6.07) is 8.11. The fraction of sp³-hybridized carbons (Fsp3) is 0.381. The molecule has 0 spiro atoms. The number of rotatable bonds is 4. The lowest BCUT2D eigenvalue weighted by atomic mass is 9.82. The Hall–Kier alpha value is -2.73. The molecule has 0 unspecified atom stereocenters. The minimum absolute atomic E-state index is 0.00650. The minimum Gasteiger partial charge on any atom is -0.396 e. The van der Waals surface area contributed by atoms with Crippen LogP contribution in [0.5, 0.6) is 0 Å². The van der Waals surface area contributed by atoms with Crippen LogP contribution in [0.25, 0.3) is 21.9 Å². The SMILES string of the molecule is Cn1cc(-c2ccc3cnc(NC(=O)[C@H]4CC[C@H](CO)CC4)cc3c2)cn1. The van der Waals surface area contributed by atoms with Gasteiger partial charge in [-0.2, -0.15) is 5.10 Å². The first-order valence-electron chi connectivity index (χ1n) is 9.43. The molecule has 1 amide bonds. The Morgan fingerprint density at radius 3 is 2.67 bits per heavy atom. The van der Waals surface area contributed by atoms with Gasteiger partial charge in [-0.05, 0) is 54.7 Å². The van der Waals surface area contributed by atoms with Crippen molar-refractivity contribution in [3.05, 3.63) is 42.9 Å². The lowest BCUT2D eigenvalue weighted by Crippen LogP contribution is -2.28. The maximum absolute atomic E-state index is 12.6. The van der Waals surface area contributed by atoms with Gasteiger partial charge in [0.1, 0.15) is 5.82 Å². The molecule has 6 nitrogen and oxygen atoms in total. The highest BCUT2D eigenvalue weighted by Gasteiger charge is 2.26. The van der Waals surface area contributed by atoms with Crippen LogP contribution in [-0.2, 0) is 11.8 Å². The summed E-state index contributed by atoms with van der Waals surface area (Å²) in [5.41, 5.74) is 2.14. The zero-order valence-corrected chi connectivity index (χ0v) is 15.4. The van der Waals surface area contributed by atoms with Gasteiger partial charge in [-0.15, -0.1) is 0 Å². The second kappa shape index (κ2) is 7.48. The summed E-state index contributed by atoms with van der Waals surface area (Å²) in [5.74, 6) is 0.965. The quantitative estimate of drug-likeness (QED) is 0.744. The number of carbonyl (C=O) groups is 1. The standard InChI is InChI=1S/C21H24N4O2/c1-25-12-19(11-23-25)16-6-7-17-10-22-20(9-18(17)8-16)24-21(27)15-4-2-14(13-26)3-5-15/h6-12,14-15,26H,2-5,13H2,1H3,(H,22,24,27)/t14-,15-. The summed E-state index contributed by atoms with van der Waals surface area (Å²) in [6.07, 6.45) is 9.09. The van der Waals surface area contributed by atoms with Crippen molar-refractivity contribution in [3.63, 3.8) is 0 Å². The Morgan fingerprint density at radius 1 is 1.15 bits per heavy atom. The van der Waals surface area contributed by atoms with Gasteiger partial charge in [-0.3, -0.25) is 9.48 Å². The van der Waals surface area contributed by atoms with Crippen LogP contribution >= 0.6 is 0 Å². The van der Waals surface area contributed by atoms with Crippen LogP contribution in [0.3, 0.4) is 0 Å². The van der Waals surface area contributed by atoms with Crippen LogP contribution in [-0.4, -0.2) is 32.4 Å². The molecule has 0 radical (unpaired) electrons. The molecule has 140 valence electrons. The molecule has 2 N–H and O–H groups in total. The molecule has 1 aliphatic carbocycles. The number of nitrogens with one attached hydrogen (secondary N) is 1. The van der Waals surface area contributed by atoms with Gasteiger partial charge in [0, 0.05) is 42.9 Å². The summed E-state index contributed by atoms with van der Waals surface area (Å²) < 4.78 is 1.78. The number of pyridine rings is 1. The summed E-state index contributed by atoms with van der Waals surface area (Å²) in [4.78, 5) is 17.0. The van der Waals surface area contributed by atoms with Crippen molar-refractivity contribution in [1.29, 1.82) is 0 Å². The molecule has 3 aromatic rings. The number of benzene rings is 1. The first-order valence-corrected chi connectivity index (χ1v) is 9.43. The number of fused-ring (bicyclic) bond motifs is 1. The van der Waals surface area contributed by atoms with E-state index in [0.29, 0.717) is 11.7 Å². The van der Waals surface area contributed by atoms with Crippen LogP contribution in [0.15, 0.2) is 42.9 Å². The molecule has 1 fully saturated rings. The summed E-state index contributed by atoms with van der Waals surface area (Å²) in [5, 5.41) is 18.5. The number of hydrogen-bond donors (Lipinski definition) is 2. The smallest absolute Gasteiger partial charge is 0.228 e. The van der Waals surface area contributed by atoms with Crippen molar-refractivity contribution >= 4 is 22.5 Å². The Bertz CT molecular complexity index is 958. The van der Waals surface area contributed by atoms with E-state index in [1.165, 1.54) is 0 Å². The number of aromatic nitrogens is 3. The molecule has 4 rings (SSSR count). The number of aryl methyl sites for hydroxylation is 1. The first-order chi connectivity index (χ1) is 13.1. The Labute approximate surface area is 158 Å². The van der Waals surface area contributed by atoms with Crippen molar-refractivity contribution in [3.8, 4) is 11.1 Å². The van der Waals surface area contributed by atoms with Crippen molar-refractivity contribution in [2.75, 3.05) is 11.9 Å². The van der Waals surface area contributed by atoms with Gasteiger partial charge in [0.15, 0.2) is 0 Å². The Kier molecular flexibility index (Phi) is 4.90. The molecule has 0 atom stereocenters. The number of aliphatic hydroxyl groups is 1. The number of anilines is 1. The van der Waals surface area contributed by atoms with Crippen molar-refractivity contribution < 1.29 is 9.90 Å².